The maximum absolute atomic E-state index is 13.0. The summed E-state index contributed by atoms with van der Waals surface area (Å²) in [5.41, 5.74) is 1.47. The number of aromatic nitrogens is 1. The van der Waals surface area contributed by atoms with E-state index in [9.17, 15) is 4.79 Å². The molecule has 0 N–H and O–H groups in total. The zero-order valence-corrected chi connectivity index (χ0v) is 18.0. The second-order valence-corrected chi connectivity index (χ2v) is 7.81. The molecule has 152 valence electrons. The number of carbonyl (C=O) groups is 1. The molecule has 0 aliphatic heterocycles. The number of methoxy groups -OCH3 is 1. The molecule has 0 aliphatic carbocycles. The summed E-state index contributed by atoms with van der Waals surface area (Å²) in [6, 6.07) is 14.4. The Balaban J connectivity index is 1.64. The summed E-state index contributed by atoms with van der Waals surface area (Å²) in [4.78, 5) is 19.4. The Labute approximate surface area is 179 Å². The summed E-state index contributed by atoms with van der Waals surface area (Å²) in [5, 5.41) is 3.51. The van der Waals surface area contributed by atoms with Crippen LogP contribution in [0.5, 0.6) is 11.5 Å². The highest BCUT2D eigenvalue weighted by Gasteiger charge is 2.17. The van der Waals surface area contributed by atoms with E-state index in [0.29, 0.717) is 36.0 Å². The Hall–Kier alpha value is -2.57. The number of amides is 1. The summed E-state index contributed by atoms with van der Waals surface area (Å²) in [7, 11) is 1.59. The molecule has 29 heavy (non-hydrogen) atoms. The van der Waals surface area contributed by atoms with E-state index in [0.717, 1.165) is 22.9 Å². The molecule has 1 amide bonds. The molecule has 0 unspecified atom stereocenters. The Morgan fingerprint density at radius 2 is 1.97 bits per heavy atom. The van der Waals surface area contributed by atoms with Gasteiger partial charge in [0.25, 0.3) is 5.91 Å². The summed E-state index contributed by atoms with van der Waals surface area (Å²) in [6.45, 7) is 3.55. The number of nitrogens with zero attached hydrogens (tertiary/aromatic N) is 2. The third kappa shape index (κ3) is 5.95. The number of ether oxygens (including phenoxy) is 2. The fourth-order valence-corrected chi connectivity index (χ4v) is 3.64. The second-order valence-electron chi connectivity index (χ2n) is 6.43. The zero-order valence-electron chi connectivity index (χ0n) is 16.4. The largest absolute Gasteiger partial charge is 0.497 e. The van der Waals surface area contributed by atoms with E-state index < -0.39 is 0 Å². The topological polar surface area (TPSA) is 51.7 Å². The van der Waals surface area contributed by atoms with Gasteiger partial charge in [0.15, 0.2) is 0 Å². The van der Waals surface area contributed by atoms with Crippen molar-refractivity contribution in [3.05, 3.63) is 75.2 Å². The van der Waals surface area contributed by atoms with Gasteiger partial charge in [0.05, 0.1) is 19.3 Å². The van der Waals surface area contributed by atoms with Gasteiger partial charge >= 0.3 is 0 Å². The first-order valence-corrected chi connectivity index (χ1v) is 10.6. The number of carbonyl (C=O) groups excluding carboxylic acids is 1. The van der Waals surface area contributed by atoms with Gasteiger partial charge in [-0.2, -0.15) is 0 Å². The van der Waals surface area contributed by atoms with Gasteiger partial charge < -0.3 is 14.4 Å². The molecule has 3 aromatic rings. The van der Waals surface area contributed by atoms with Crippen molar-refractivity contribution in [2.45, 2.75) is 26.5 Å². The fraction of sp³-hybridized carbons (Fsp3) is 0.273. The number of hydrogen-bond donors (Lipinski definition) is 0. The molecule has 0 bridgehead atoms. The summed E-state index contributed by atoms with van der Waals surface area (Å²) in [5.74, 6) is 1.38. The second kappa shape index (κ2) is 10.3. The van der Waals surface area contributed by atoms with Gasteiger partial charge in [-0.25, -0.2) is 4.98 Å². The normalized spacial score (nSPS) is 10.6. The van der Waals surface area contributed by atoms with Gasteiger partial charge in [-0.3, -0.25) is 4.79 Å². The Bertz CT molecular complexity index is 943. The van der Waals surface area contributed by atoms with Crippen LogP contribution in [0.25, 0.3) is 0 Å². The van der Waals surface area contributed by atoms with Crippen molar-refractivity contribution < 1.29 is 14.3 Å². The Kier molecular flexibility index (Phi) is 7.49. The van der Waals surface area contributed by atoms with Crippen LogP contribution in [0.4, 0.5) is 0 Å². The van der Waals surface area contributed by atoms with Crippen molar-refractivity contribution in [1.82, 2.24) is 9.88 Å². The lowest BCUT2D eigenvalue weighted by Crippen LogP contribution is -2.31. The summed E-state index contributed by atoms with van der Waals surface area (Å²) in [6.07, 6.45) is 0.867. The first-order chi connectivity index (χ1) is 14.1. The van der Waals surface area contributed by atoms with Crippen molar-refractivity contribution in [1.29, 1.82) is 0 Å². The Morgan fingerprint density at radius 3 is 2.69 bits per heavy atom. The molecule has 1 aromatic heterocycles. The highest BCUT2D eigenvalue weighted by atomic mass is 35.5. The van der Waals surface area contributed by atoms with Crippen LogP contribution in [0.15, 0.2) is 53.9 Å². The van der Waals surface area contributed by atoms with Gasteiger partial charge in [0.2, 0.25) is 0 Å². The van der Waals surface area contributed by atoms with E-state index in [-0.39, 0.29) is 5.91 Å². The van der Waals surface area contributed by atoms with E-state index in [1.54, 1.807) is 31.4 Å². The predicted molar refractivity (Wildman–Crippen MR) is 116 cm³/mol. The summed E-state index contributed by atoms with van der Waals surface area (Å²) >= 11 is 7.41. The maximum atomic E-state index is 13.0. The first-order valence-electron chi connectivity index (χ1n) is 9.34. The molecule has 7 heteroatoms. The SMILES string of the molecule is CCCN(Cc1csc(COc2ccc(Cl)cc2)n1)C(=O)c1cccc(OC)c1. The maximum Gasteiger partial charge on any atom is 0.254 e. The van der Waals surface area contributed by atoms with E-state index in [1.807, 2.05) is 34.5 Å². The van der Waals surface area contributed by atoms with E-state index >= 15 is 0 Å². The quantitative estimate of drug-likeness (QED) is 0.453. The van der Waals surface area contributed by atoms with Crippen LogP contribution in [0.1, 0.15) is 34.4 Å². The Morgan fingerprint density at radius 1 is 1.17 bits per heavy atom. The molecular formula is C22H23ClN2O3S. The summed E-state index contributed by atoms with van der Waals surface area (Å²) < 4.78 is 11.0. The molecule has 0 spiro atoms. The fourth-order valence-electron chi connectivity index (χ4n) is 2.82. The standard InChI is InChI=1S/C22H23ClN2O3S/c1-3-11-25(22(26)16-5-4-6-20(12-16)27-2)13-18-15-29-21(24-18)14-28-19-9-7-17(23)8-10-19/h4-10,12,15H,3,11,13-14H2,1-2H3. The highest BCUT2D eigenvalue weighted by Crippen LogP contribution is 2.20. The average Bonchev–Trinajstić information content (AvgIpc) is 3.20. The van der Waals surface area contributed by atoms with Gasteiger partial charge in [0, 0.05) is 22.5 Å². The van der Waals surface area contributed by atoms with Crippen LogP contribution in [0.2, 0.25) is 5.02 Å². The third-order valence-electron chi connectivity index (χ3n) is 4.23. The van der Waals surface area contributed by atoms with Crippen LogP contribution < -0.4 is 9.47 Å². The molecule has 0 saturated carbocycles. The minimum absolute atomic E-state index is 0.0299. The molecule has 3 rings (SSSR count). The van der Waals surface area contributed by atoms with Crippen molar-refractivity contribution in [2.75, 3.05) is 13.7 Å². The molecule has 1 heterocycles. The van der Waals surface area contributed by atoms with Crippen molar-refractivity contribution >= 4 is 28.8 Å². The van der Waals surface area contributed by atoms with Gasteiger partial charge in [-0.05, 0) is 48.9 Å². The number of halogens is 1. The highest BCUT2D eigenvalue weighted by molar-refractivity contribution is 7.09. The third-order valence-corrected chi connectivity index (χ3v) is 5.35. The van der Waals surface area contributed by atoms with Crippen molar-refractivity contribution in [3.63, 3.8) is 0 Å². The molecule has 5 nitrogen and oxygen atoms in total. The van der Waals surface area contributed by atoms with Crippen molar-refractivity contribution in [3.8, 4) is 11.5 Å². The van der Waals surface area contributed by atoms with Gasteiger partial charge in [-0.15, -0.1) is 11.3 Å². The monoisotopic (exact) mass is 430 g/mol. The van der Waals surface area contributed by atoms with Crippen LogP contribution >= 0.6 is 22.9 Å². The molecule has 0 atom stereocenters. The van der Waals surface area contributed by atoms with Crippen LogP contribution in [0.3, 0.4) is 0 Å². The minimum Gasteiger partial charge on any atom is -0.497 e. The molecule has 0 saturated heterocycles. The zero-order chi connectivity index (χ0) is 20.6. The molecule has 0 aliphatic rings. The number of rotatable bonds is 9. The molecule has 0 radical (unpaired) electrons. The lowest BCUT2D eigenvalue weighted by molar-refractivity contribution is 0.0741. The van der Waals surface area contributed by atoms with Gasteiger partial charge in [0.1, 0.15) is 23.1 Å². The number of hydrogen-bond acceptors (Lipinski definition) is 5. The molecule has 2 aromatic carbocycles. The molecule has 0 fully saturated rings. The van der Waals surface area contributed by atoms with Crippen LogP contribution in [-0.2, 0) is 13.2 Å². The average molecular weight is 431 g/mol. The van der Waals surface area contributed by atoms with Crippen molar-refractivity contribution in [2.24, 2.45) is 0 Å². The predicted octanol–water partition coefficient (Wildman–Crippen LogP) is 5.44. The van der Waals surface area contributed by atoms with E-state index in [4.69, 9.17) is 21.1 Å². The van der Waals surface area contributed by atoms with Gasteiger partial charge in [-0.1, -0.05) is 24.6 Å². The van der Waals surface area contributed by atoms with Crippen LogP contribution in [-0.4, -0.2) is 29.4 Å². The first kappa shape index (κ1) is 21.1. The number of benzene rings is 2. The minimum atomic E-state index is -0.0299. The lowest BCUT2D eigenvalue weighted by Gasteiger charge is -2.21. The molecular weight excluding hydrogens is 408 g/mol. The number of thiazole rings is 1. The van der Waals surface area contributed by atoms with Crippen LogP contribution in [0, 0.1) is 0 Å². The van der Waals surface area contributed by atoms with E-state index in [2.05, 4.69) is 11.9 Å². The smallest absolute Gasteiger partial charge is 0.254 e. The van der Waals surface area contributed by atoms with E-state index in [1.165, 1.54) is 11.3 Å². The lowest BCUT2D eigenvalue weighted by atomic mass is 10.1.